The Balaban J connectivity index is 1.38. The highest BCUT2D eigenvalue weighted by Gasteiger charge is 2.48. The molecule has 2 aromatic rings. The molecule has 1 aromatic heterocycles. The van der Waals surface area contributed by atoms with Gasteiger partial charge in [0.05, 0.1) is 5.60 Å². The molecular formula is C24H31ClN2O. The average molecular weight is 399 g/mol. The molecule has 28 heavy (non-hydrogen) atoms. The second kappa shape index (κ2) is 8.94. The van der Waals surface area contributed by atoms with Crippen molar-refractivity contribution in [3.05, 3.63) is 64.9 Å². The van der Waals surface area contributed by atoms with E-state index in [4.69, 9.17) is 21.3 Å². The molecule has 2 heterocycles. The molecule has 1 N–H and O–H groups in total. The van der Waals surface area contributed by atoms with Crippen molar-refractivity contribution in [2.45, 2.75) is 62.4 Å². The van der Waals surface area contributed by atoms with E-state index in [1.54, 1.807) is 0 Å². The van der Waals surface area contributed by atoms with Crippen LogP contribution in [0.2, 0.25) is 5.02 Å². The molecule has 4 rings (SSSR count). The SMILES string of the molecule is Clc1ccc(CCNCC[C@]2(c3ccccn3)CCOC3(CCCC3)C2)cc1. The summed E-state index contributed by atoms with van der Waals surface area (Å²) in [7, 11) is 0. The summed E-state index contributed by atoms with van der Waals surface area (Å²) in [6, 6.07) is 14.5. The molecule has 0 radical (unpaired) electrons. The number of hydrogen-bond acceptors (Lipinski definition) is 3. The Bertz CT molecular complexity index is 743. The molecule has 1 aromatic carbocycles. The Morgan fingerprint density at radius 1 is 1.00 bits per heavy atom. The van der Waals surface area contributed by atoms with Crippen molar-refractivity contribution in [1.29, 1.82) is 0 Å². The highest BCUT2D eigenvalue weighted by molar-refractivity contribution is 6.30. The van der Waals surface area contributed by atoms with Gasteiger partial charge >= 0.3 is 0 Å². The van der Waals surface area contributed by atoms with E-state index in [0.29, 0.717) is 0 Å². The summed E-state index contributed by atoms with van der Waals surface area (Å²) in [5.41, 5.74) is 2.81. The zero-order valence-corrected chi connectivity index (χ0v) is 17.4. The Morgan fingerprint density at radius 2 is 1.82 bits per heavy atom. The Hall–Kier alpha value is -1.42. The van der Waals surface area contributed by atoms with Crippen LogP contribution in [0.5, 0.6) is 0 Å². The molecule has 3 nitrogen and oxygen atoms in total. The third-order valence-electron chi connectivity index (χ3n) is 6.66. The fourth-order valence-electron chi connectivity index (χ4n) is 5.13. The minimum Gasteiger partial charge on any atom is -0.375 e. The van der Waals surface area contributed by atoms with Gasteiger partial charge in [-0.1, -0.05) is 42.6 Å². The number of pyridine rings is 1. The van der Waals surface area contributed by atoms with Crippen molar-refractivity contribution in [3.8, 4) is 0 Å². The molecule has 1 atom stereocenters. The van der Waals surface area contributed by atoms with Crippen molar-refractivity contribution < 1.29 is 4.74 Å². The van der Waals surface area contributed by atoms with Gasteiger partial charge in [0.2, 0.25) is 0 Å². The first-order valence-electron chi connectivity index (χ1n) is 10.7. The first-order valence-corrected chi connectivity index (χ1v) is 11.1. The van der Waals surface area contributed by atoms with Crippen LogP contribution in [0.3, 0.4) is 0 Å². The molecule has 1 aliphatic carbocycles. The molecular weight excluding hydrogens is 368 g/mol. The lowest BCUT2D eigenvalue weighted by molar-refractivity contribution is -0.104. The predicted molar refractivity (Wildman–Crippen MR) is 115 cm³/mol. The number of rotatable bonds is 7. The van der Waals surface area contributed by atoms with Gasteiger partial charge in [-0.2, -0.15) is 0 Å². The Labute approximate surface area is 173 Å². The standard InChI is InChI=1S/C24H31ClN2O/c25-21-8-6-20(7-9-21)10-16-26-17-13-23(22-5-1-4-15-27-22)14-18-28-24(19-23)11-2-3-12-24/h1,4-9,15,26H,2-3,10-14,16-19H2/t23-/m0/s1. The lowest BCUT2D eigenvalue weighted by Crippen LogP contribution is -2.47. The normalized spacial score (nSPS) is 23.9. The largest absolute Gasteiger partial charge is 0.375 e. The van der Waals surface area contributed by atoms with Gasteiger partial charge in [-0.15, -0.1) is 0 Å². The number of hydrogen-bond donors (Lipinski definition) is 1. The number of aromatic nitrogens is 1. The highest BCUT2D eigenvalue weighted by atomic mass is 35.5. The van der Waals surface area contributed by atoms with Gasteiger partial charge in [0.15, 0.2) is 0 Å². The predicted octanol–water partition coefficient (Wildman–Crippen LogP) is 5.32. The molecule has 1 aliphatic heterocycles. The molecule has 0 bridgehead atoms. The first kappa shape index (κ1) is 19.9. The van der Waals surface area contributed by atoms with Gasteiger partial charge in [-0.3, -0.25) is 4.98 Å². The summed E-state index contributed by atoms with van der Waals surface area (Å²) in [5, 5.41) is 4.47. The smallest absolute Gasteiger partial charge is 0.0691 e. The van der Waals surface area contributed by atoms with E-state index < -0.39 is 0 Å². The van der Waals surface area contributed by atoms with Crippen molar-refractivity contribution in [2.24, 2.45) is 0 Å². The fraction of sp³-hybridized carbons (Fsp3) is 0.542. The number of benzene rings is 1. The summed E-state index contributed by atoms with van der Waals surface area (Å²) in [5.74, 6) is 0. The molecule has 0 unspecified atom stereocenters. The minimum absolute atomic E-state index is 0.0963. The molecule has 2 aliphatic rings. The van der Waals surface area contributed by atoms with Gasteiger partial charge in [0.1, 0.15) is 0 Å². The van der Waals surface area contributed by atoms with E-state index in [2.05, 4.69) is 29.6 Å². The van der Waals surface area contributed by atoms with Gasteiger partial charge in [-0.05, 0) is 81.4 Å². The Morgan fingerprint density at radius 3 is 2.57 bits per heavy atom. The van der Waals surface area contributed by atoms with E-state index in [1.165, 1.54) is 36.9 Å². The number of nitrogens with zero attached hydrogens (tertiary/aromatic N) is 1. The van der Waals surface area contributed by atoms with Crippen LogP contribution in [-0.4, -0.2) is 30.3 Å². The lowest BCUT2D eigenvalue weighted by Gasteiger charge is -2.46. The average Bonchev–Trinajstić information content (AvgIpc) is 3.17. The van der Waals surface area contributed by atoms with E-state index in [0.717, 1.165) is 50.4 Å². The van der Waals surface area contributed by atoms with Crippen LogP contribution in [0.15, 0.2) is 48.7 Å². The second-order valence-electron chi connectivity index (χ2n) is 8.54. The third kappa shape index (κ3) is 4.59. The van der Waals surface area contributed by atoms with Crippen LogP contribution in [0, 0.1) is 0 Å². The maximum atomic E-state index is 6.34. The number of halogens is 1. The van der Waals surface area contributed by atoms with Crippen LogP contribution in [-0.2, 0) is 16.6 Å². The van der Waals surface area contributed by atoms with Gasteiger partial charge < -0.3 is 10.1 Å². The quantitative estimate of drug-likeness (QED) is 0.641. The summed E-state index contributed by atoms with van der Waals surface area (Å²) in [6.45, 7) is 2.86. The highest BCUT2D eigenvalue weighted by Crippen LogP contribution is 2.49. The summed E-state index contributed by atoms with van der Waals surface area (Å²) in [4.78, 5) is 4.79. The fourth-order valence-corrected chi connectivity index (χ4v) is 5.26. The molecule has 150 valence electrons. The summed E-state index contributed by atoms with van der Waals surface area (Å²) in [6.07, 6.45) is 11.3. The zero-order valence-electron chi connectivity index (χ0n) is 16.6. The maximum Gasteiger partial charge on any atom is 0.0691 e. The molecule has 1 spiro atoms. The van der Waals surface area contributed by atoms with Crippen molar-refractivity contribution in [1.82, 2.24) is 10.3 Å². The van der Waals surface area contributed by atoms with Gasteiger partial charge in [0.25, 0.3) is 0 Å². The van der Waals surface area contributed by atoms with E-state index >= 15 is 0 Å². The molecule has 4 heteroatoms. The molecule has 2 fully saturated rings. The monoisotopic (exact) mass is 398 g/mol. The van der Waals surface area contributed by atoms with Crippen LogP contribution < -0.4 is 5.32 Å². The van der Waals surface area contributed by atoms with Crippen molar-refractivity contribution in [2.75, 3.05) is 19.7 Å². The molecule has 0 amide bonds. The van der Waals surface area contributed by atoms with Gasteiger partial charge in [-0.25, -0.2) is 0 Å². The topological polar surface area (TPSA) is 34.2 Å². The molecule has 1 saturated heterocycles. The van der Waals surface area contributed by atoms with Crippen LogP contribution in [0.25, 0.3) is 0 Å². The van der Waals surface area contributed by atoms with Crippen molar-refractivity contribution >= 4 is 11.6 Å². The number of nitrogens with one attached hydrogen (secondary N) is 1. The summed E-state index contributed by atoms with van der Waals surface area (Å²) < 4.78 is 6.34. The molecule has 1 saturated carbocycles. The van der Waals surface area contributed by atoms with Gasteiger partial charge in [0, 0.05) is 28.9 Å². The minimum atomic E-state index is 0.0963. The zero-order chi connectivity index (χ0) is 19.3. The van der Waals surface area contributed by atoms with E-state index in [9.17, 15) is 0 Å². The first-order chi connectivity index (χ1) is 13.7. The Kier molecular flexibility index (Phi) is 6.35. The van der Waals surface area contributed by atoms with Crippen LogP contribution in [0.1, 0.15) is 56.2 Å². The van der Waals surface area contributed by atoms with Crippen molar-refractivity contribution in [3.63, 3.8) is 0 Å². The third-order valence-corrected chi connectivity index (χ3v) is 6.91. The van der Waals surface area contributed by atoms with Crippen LogP contribution >= 0.6 is 11.6 Å². The van der Waals surface area contributed by atoms with Crippen LogP contribution in [0.4, 0.5) is 0 Å². The number of ether oxygens (including phenoxy) is 1. The van der Waals surface area contributed by atoms with E-state index in [1.807, 2.05) is 24.4 Å². The van der Waals surface area contributed by atoms with E-state index in [-0.39, 0.29) is 11.0 Å². The maximum absolute atomic E-state index is 6.34. The summed E-state index contributed by atoms with van der Waals surface area (Å²) >= 11 is 5.97. The second-order valence-corrected chi connectivity index (χ2v) is 8.97. The lowest BCUT2D eigenvalue weighted by atomic mass is 9.68.